The van der Waals surface area contributed by atoms with Crippen molar-refractivity contribution in [2.24, 2.45) is 0 Å². The van der Waals surface area contributed by atoms with Crippen molar-refractivity contribution in [3.63, 3.8) is 0 Å². The van der Waals surface area contributed by atoms with Crippen LogP contribution in [0, 0.1) is 10.1 Å². The molecular formula is C12H15N3O6. The monoisotopic (exact) mass is 297 g/mol. The van der Waals surface area contributed by atoms with Crippen molar-refractivity contribution in [2.45, 2.75) is 19.4 Å². The third-order valence-corrected chi connectivity index (χ3v) is 2.66. The molecule has 1 rings (SSSR count). The molecule has 21 heavy (non-hydrogen) atoms. The largest absolute Gasteiger partial charge is 0.494 e. The highest BCUT2D eigenvalue weighted by molar-refractivity contribution is 5.93. The van der Waals surface area contributed by atoms with Crippen molar-refractivity contribution in [3.05, 3.63) is 28.3 Å². The second-order valence-electron chi connectivity index (χ2n) is 4.04. The number of nitrogens with zero attached hydrogens (tertiary/aromatic N) is 1. The lowest BCUT2D eigenvalue weighted by molar-refractivity contribution is -0.384. The van der Waals surface area contributed by atoms with Crippen LogP contribution in [-0.2, 0) is 4.79 Å². The second-order valence-corrected chi connectivity index (χ2v) is 4.04. The van der Waals surface area contributed by atoms with Crippen LogP contribution in [0.1, 0.15) is 13.3 Å². The number of hydrogen-bond donors (Lipinski definition) is 3. The van der Waals surface area contributed by atoms with Gasteiger partial charge in [-0.05, 0) is 12.5 Å². The molecule has 0 bridgehead atoms. The number of carbonyl (C=O) groups is 2. The van der Waals surface area contributed by atoms with E-state index in [0.29, 0.717) is 0 Å². The zero-order chi connectivity index (χ0) is 16.0. The van der Waals surface area contributed by atoms with Crippen molar-refractivity contribution in [2.75, 3.05) is 12.4 Å². The Bertz CT molecular complexity index is 560. The van der Waals surface area contributed by atoms with E-state index in [1.54, 1.807) is 6.92 Å². The number of ether oxygens (including phenoxy) is 1. The van der Waals surface area contributed by atoms with Crippen LogP contribution in [-0.4, -0.2) is 35.2 Å². The fourth-order valence-corrected chi connectivity index (χ4v) is 1.55. The number of benzene rings is 1. The van der Waals surface area contributed by atoms with Gasteiger partial charge in [0, 0.05) is 6.07 Å². The second kappa shape index (κ2) is 7.08. The van der Waals surface area contributed by atoms with Gasteiger partial charge < -0.3 is 20.5 Å². The Morgan fingerprint density at radius 3 is 2.62 bits per heavy atom. The van der Waals surface area contributed by atoms with Gasteiger partial charge in [0.05, 0.1) is 23.8 Å². The standard InChI is InChI=1S/C12H15N3O6/c1-3-8(11(16)17)13-12(18)14-9-5-4-7(15(19)20)6-10(9)21-2/h4-6,8H,3H2,1-2H3,(H,16,17)(H2,13,14,18). The first-order chi connectivity index (χ1) is 9.88. The molecule has 0 aliphatic rings. The number of nitro benzene ring substituents is 1. The highest BCUT2D eigenvalue weighted by atomic mass is 16.6. The van der Waals surface area contributed by atoms with Gasteiger partial charge in [-0.2, -0.15) is 0 Å². The molecule has 0 saturated carbocycles. The molecule has 1 unspecified atom stereocenters. The van der Waals surface area contributed by atoms with E-state index >= 15 is 0 Å². The van der Waals surface area contributed by atoms with Crippen LogP contribution < -0.4 is 15.4 Å². The first kappa shape index (κ1) is 16.2. The molecule has 2 amide bonds. The lowest BCUT2D eigenvalue weighted by atomic mass is 10.2. The van der Waals surface area contributed by atoms with Crippen molar-refractivity contribution < 1.29 is 24.4 Å². The van der Waals surface area contributed by atoms with E-state index in [1.165, 1.54) is 19.2 Å². The van der Waals surface area contributed by atoms with Gasteiger partial charge in [0.15, 0.2) is 0 Å². The highest BCUT2D eigenvalue weighted by Gasteiger charge is 2.19. The number of nitro groups is 1. The van der Waals surface area contributed by atoms with Gasteiger partial charge in [-0.15, -0.1) is 0 Å². The van der Waals surface area contributed by atoms with Gasteiger partial charge >= 0.3 is 12.0 Å². The number of anilines is 1. The Hall–Kier alpha value is -2.84. The summed E-state index contributed by atoms with van der Waals surface area (Å²) in [5.74, 6) is -1.05. The fourth-order valence-electron chi connectivity index (χ4n) is 1.55. The Kier molecular flexibility index (Phi) is 5.47. The van der Waals surface area contributed by atoms with Gasteiger partial charge in [0.1, 0.15) is 11.8 Å². The number of aliphatic carboxylic acids is 1. The molecule has 1 aromatic rings. The van der Waals surface area contributed by atoms with Crippen molar-refractivity contribution in [1.29, 1.82) is 0 Å². The number of carboxylic acid groups (broad SMARTS) is 1. The topological polar surface area (TPSA) is 131 Å². The molecule has 0 fully saturated rings. The molecule has 0 aliphatic carbocycles. The number of rotatable bonds is 6. The number of nitrogens with one attached hydrogen (secondary N) is 2. The van der Waals surface area contributed by atoms with Crippen molar-refractivity contribution >= 4 is 23.4 Å². The minimum absolute atomic E-state index is 0.0997. The molecular weight excluding hydrogens is 282 g/mol. The molecule has 0 aliphatic heterocycles. The molecule has 1 aromatic carbocycles. The lowest BCUT2D eigenvalue weighted by Crippen LogP contribution is -2.42. The maximum absolute atomic E-state index is 11.7. The third-order valence-electron chi connectivity index (χ3n) is 2.66. The van der Waals surface area contributed by atoms with Crippen molar-refractivity contribution in [1.82, 2.24) is 5.32 Å². The van der Waals surface area contributed by atoms with E-state index < -0.39 is 23.0 Å². The Balaban J connectivity index is 2.85. The van der Waals surface area contributed by atoms with E-state index in [4.69, 9.17) is 9.84 Å². The van der Waals surface area contributed by atoms with E-state index in [9.17, 15) is 19.7 Å². The van der Waals surface area contributed by atoms with Crippen LogP contribution in [0.2, 0.25) is 0 Å². The molecule has 0 aromatic heterocycles. The highest BCUT2D eigenvalue weighted by Crippen LogP contribution is 2.28. The summed E-state index contributed by atoms with van der Waals surface area (Å²) in [5, 5.41) is 24.1. The van der Waals surface area contributed by atoms with Crippen LogP contribution in [0.3, 0.4) is 0 Å². The molecule has 0 radical (unpaired) electrons. The summed E-state index contributed by atoms with van der Waals surface area (Å²) in [6.45, 7) is 1.62. The molecule has 114 valence electrons. The molecule has 0 spiro atoms. The smallest absolute Gasteiger partial charge is 0.326 e. The Morgan fingerprint density at radius 1 is 1.48 bits per heavy atom. The predicted molar refractivity (Wildman–Crippen MR) is 73.5 cm³/mol. The fraction of sp³-hybridized carbons (Fsp3) is 0.333. The zero-order valence-electron chi connectivity index (χ0n) is 11.5. The average molecular weight is 297 g/mol. The van der Waals surface area contributed by atoms with Crippen molar-refractivity contribution in [3.8, 4) is 5.75 Å². The first-order valence-electron chi connectivity index (χ1n) is 6.01. The minimum atomic E-state index is -1.15. The molecule has 9 heteroatoms. The number of carbonyl (C=O) groups excluding carboxylic acids is 1. The molecule has 9 nitrogen and oxygen atoms in total. The van der Waals surface area contributed by atoms with Gasteiger partial charge in [0.2, 0.25) is 0 Å². The number of amides is 2. The van der Waals surface area contributed by atoms with E-state index in [-0.39, 0.29) is 23.5 Å². The molecule has 0 heterocycles. The van der Waals surface area contributed by atoms with Crippen LogP contribution in [0.4, 0.5) is 16.2 Å². The van der Waals surface area contributed by atoms with Crippen LogP contribution >= 0.6 is 0 Å². The quantitative estimate of drug-likeness (QED) is 0.539. The summed E-state index contributed by atoms with van der Waals surface area (Å²) in [5.41, 5.74) is 0.00983. The molecule has 3 N–H and O–H groups in total. The van der Waals surface area contributed by atoms with Gasteiger partial charge in [-0.1, -0.05) is 6.92 Å². The number of carboxylic acids is 1. The maximum atomic E-state index is 11.7. The summed E-state index contributed by atoms with van der Waals surface area (Å²) in [6, 6.07) is 1.90. The molecule has 1 atom stereocenters. The van der Waals surface area contributed by atoms with E-state index in [2.05, 4.69) is 10.6 Å². The summed E-state index contributed by atoms with van der Waals surface area (Å²) in [4.78, 5) is 32.6. The van der Waals surface area contributed by atoms with E-state index in [1.807, 2.05) is 0 Å². The third kappa shape index (κ3) is 4.34. The summed E-state index contributed by atoms with van der Waals surface area (Å²) >= 11 is 0. The van der Waals surface area contributed by atoms with Gasteiger partial charge in [0.25, 0.3) is 5.69 Å². The summed E-state index contributed by atoms with van der Waals surface area (Å²) in [6.07, 6.45) is 0.222. The Morgan fingerprint density at radius 2 is 2.14 bits per heavy atom. The predicted octanol–water partition coefficient (Wildman–Crippen LogP) is 1.59. The zero-order valence-corrected chi connectivity index (χ0v) is 11.5. The molecule has 0 saturated heterocycles. The number of non-ortho nitro benzene ring substituents is 1. The normalized spacial score (nSPS) is 11.3. The lowest BCUT2D eigenvalue weighted by Gasteiger charge is -2.14. The SMILES string of the molecule is CCC(NC(=O)Nc1ccc([N+](=O)[O-])cc1OC)C(=O)O. The van der Waals surface area contributed by atoms with Crippen LogP contribution in [0.15, 0.2) is 18.2 Å². The van der Waals surface area contributed by atoms with Crippen LogP contribution in [0.5, 0.6) is 5.75 Å². The van der Waals surface area contributed by atoms with Gasteiger partial charge in [-0.25, -0.2) is 9.59 Å². The number of hydrogen-bond acceptors (Lipinski definition) is 5. The summed E-state index contributed by atoms with van der Waals surface area (Å²) < 4.78 is 4.95. The maximum Gasteiger partial charge on any atom is 0.326 e. The Labute approximate surface area is 120 Å². The average Bonchev–Trinajstić information content (AvgIpc) is 2.44. The minimum Gasteiger partial charge on any atom is -0.494 e. The number of urea groups is 1. The first-order valence-corrected chi connectivity index (χ1v) is 6.01. The number of methoxy groups -OCH3 is 1. The van der Waals surface area contributed by atoms with E-state index in [0.717, 1.165) is 6.07 Å². The van der Waals surface area contributed by atoms with Gasteiger partial charge in [-0.3, -0.25) is 10.1 Å². The van der Waals surface area contributed by atoms with Crippen LogP contribution in [0.25, 0.3) is 0 Å². The summed E-state index contributed by atoms with van der Waals surface area (Å²) in [7, 11) is 1.30.